The molecule has 1 unspecified atom stereocenters. The Morgan fingerprint density at radius 3 is 2.22 bits per heavy atom. The lowest BCUT2D eigenvalue weighted by molar-refractivity contribution is -0.120. The average molecular weight is 533 g/mol. The van der Waals surface area contributed by atoms with E-state index in [1.165, 1.54) is 32.4 Å². The minimum absolute atomic E-state index is 0.0671. The van der Waals surface area contributed by atoms with Gasteiger partial charge in [0.25, 0.3) is 10.0 Å². The standard InChI is InChI=1S/C26H29ClN2O6S/c1-17-10-12-24(35-5)25(14-17)36(31,32)29(19-11-13-23(34-4)21(27)15-19)16-26(30)28-18(2)20-8-6-7-9-22(20)33-3/h6-15,18H,16H2,1-5H3,(H,28,30). The number of hydrogen-bond donors (Lipinski definition) is 1. The van der Waals surface area contributed by atoms with E-state index in [1.54, 1.807) is 45.2 Å². The van der Waals surface area contributed by atoms with E-state index in [2.05, 4.69) is 5.32 Å². The summed E-state index contributed by atoms with van der Waals surface area (Å²) in [6.07, 6.45) is 0. The maximum atomic E-state index is 13.9. The Bertz CT molecular complexity index is 1350. The summed E-state index contributed by atoms with van der Waals surface area (Å²) in [6.45, 7) is 3.07. The molecule has 0 aromatic heterocycles. The highest BCUT2D eigenvalue weighted by molar-refractivity contribution is 7.93. The molecule has 0 heterocycles. The molecule has 192 valence electrons. The first-order valence-corrected chi connectivity index (χ1v) is 12.9. The van der Waals surface area contributed by atoms with Gasteiger partial charge in [-0.2, -0.15) is 0 Å². The quantitative estimate of drug-likeness (QED) is 0.405. The molecule has 3 aromatic carbocycles. The highest BCUT2D eigenvalue weighted by Gasteiger charge is 2.31. The molecule has 0 saturated carbocycles. The second kappa shape index (κ2) is 11.5. The zero-order chi connectivity index (χ0) is 26.5. The lowest BCUT2D eigenvalue weighted by Gasteiger charge is -2.26. The fourth-order valence-electron chi connectivity index (χ4n) is 3.75. The van der Waals surface area contributed by atoms with Crippen LogP contribution in [0.3, 0.4) is 0 Å². The third-order valence-electron chi connectivity index (χ3n) is 5.58. The van der Waals surface area contributed by atoms with Gasteiger partial charge in [0.1, 0.15) is 28.7 Å². The van der Waals surface area contributed by atoms with Gasteiger partial charge in [-0.1, -0.05) is 35.9 Å². The fraction of sp³-hybridized carbons (Fsp3) is 0.269. The van der Waals surface area contributed by atoms with E-state index in [4.69, 9.17) is 25.8 Å². The number of nitrogens with zero attached hydrogens (tertiary/aromatic N) is 1. The number of benzene rings is 3. The third-order valence-corrected chi connectivity index (χ3v) is 7.67. The number of anilines is 1. The number of rotatable bonds is 10. The molecule has 0 aliphatic rings. The molecule has 3 aromatic rings. The molecule has 8 nitrogen and oxygen atoms in total. The van der Waals surface area contributed by atoms with Crippen molar-refractivity contribution in [2.24, 2.45) is 0 Å². The molecule has 0 aliphatic heterocycles. The van der Waals surface area contributed by atoms with Gasteiger partial charge in [-0.3, -0.25) is 9.10 Å². The van der Waals surface area contributed by atoms with E-state index in [0.717, 1.165) is 15.4 Å². The molecule has 36 heavy (non-hydrogen) atoms. The Morgan fingerprint density at radius 2 is 1.58 bits per heavy atom. The van der Waals surface area contributed by atoms with Crippen molar-refractivity contribution in [2.75, 3.05) is 32.2 Å². The summed E-state index contributed by atoms with van der Waals surface area (Å²) in [6, 6.07) is 16.2. The Labute approximate surface area is 216 Å². The molecule has 10 heteroatoms. The molecular formula is C26H29ClN2O6S. The number of ether oxygens (including phenoxy) is 3. The van der Waals surface area contributed by atoms with Crippen LogP contribution in [0.15, 0.2) is 65.6 Å². The first-order valence-electron chi connectivity index (χ1n) is 11.1. The molecule has 3 rings (SSSR count). The minimum atomic E-state index is -4.24. The maximum absolute atomic E-state index is 13.9. The number of nitrogens with one attached hydrogen (secondary N) is 1. The molecule has 0 saturated heterocycles. The summed E-state index contributed by atoms with van der Waals surface area (Å²) < 4.78 is 44.7. The predicted octanol–water partition coefficient (Wildman–Crippen LogP) is 4.75. The average Bonchev–Trinajstić information content (AvgIpc) is 2.87. The Balaban J connectivity index is 2.02. The van der Waals surface area contributed by atoms with E-state index in [9.17, 15) is 13.2 Å². The van der Waals surface area contributed by atoms with E-state index >= 15 is 0 Å². The van der Waals surface area contributed by atoms with Crippen LogP contribution in [0, 0.1) is 6.92 Å². The van der Waals surface area contributed by atoms with Crippen molar-refractivity contribution >= 4 is 33.2 Å². The second-order valence-electron chi connectivity index (χ2n) is 8.02. The maximum Gasteiger partial charge on any atom is 0.268 e. The van der Waals surface area contributed by atoms with Crippen LogP contribution in [0.5, 0.6) is 17.2 Å². The number of halogens is 1. The summed E-state index contributed by atoms with van der Waals surface area (Å²) in [7, 11) is 0.152. The summed E-state index contributed by atoms with van der Waals surface area (Å²) in [5.74, 6) is 0.630. The van der Waals surface area contributed by atoms with Crippen LogP contribution in [0.1, 0.15) is 24.1 Å². The van der Waals surface area contributed by atoms with Crippen molar-refractivity contribution in [3.63, 3.8) is 0 Å². The third kappa shape index (κ3) is 5.85. The molecule has 0 aliphatic carbocycles. The first kappa shape index (κ1) is 27.2. The van der Waals surface area contributed by atoms with Crippen LogP contribution in [0.25, 0.3) is 0 Å². The molecule has 1 amide bonds. The summed E-state index contributed by atoms with van der Waals surface area (Å²) in [5, 5.41) is 3.06. The van der Waals surface area contributed by atoms with Gasteiger partial charge >= 0.3 is 0 Å². The summed E-state index contributed by atoms with van der Waals surface area (Å²) in [4.78, 5) is 13.1. The topological polar surface area (TPSA) is 94.2 Å². The number of hydrogen-bond acceptors (Lipinski definition) is 6. The number of carbonyl (C=O) groups is 1. The fourth-order valence-corrected chi connectivity index (χ4v) is 5.66. The van der Waals surface area contributed by atoms with Gasteiger partial charge in [0.15, 0.2) is 0 Å². The van der Waals surface area contributed by atoms with Crippen LogP contribution in [-0.4, -0.2) is 42.2 Å². The molecule has 1 atom stereocenters. The number of sulfonamides is 1. The molecule has 1 N–H and O–H groups in total. The lowest BCUT2D eigenvalue weighted by Crippen LogP contribution is -2.41. The zero-order valence-electron chi connectivity index (χ0n) is 20.7. The largest absolute Gasteiger partial charge is 0.496 e. The van der Waals surface area contributed by atoms with Gasteiger partial charge in [-0.25, -0.2) is 8.42 Å². The second-order valence-corrected chi connectivity index (χ2v) is 10.3. The lowest BCUT2D eigenvalue weighted by atomic mass is 10.1. The normalized spacial score (nSPS) is 11.9. The SMILES string of the molecule is COc1ccc(N(CC(=O)NC(C)c2ccccc2OC)S(=O)(=O)c2cc(C)ccc2OC)cc1Cl. The highest BCUT2D eigenvalue weighted by Crippen LogP contribution is 2.34. The minimum Gasteiger partial charge on any atom is -0.496 e. The van der Waals surface area contributed by atoms with Gasteiger partial charge < -0.3 is 19.5 Å². The van der Waals surface area contributed by atoms with Crippen LogP contribution >= 0.6 is 11.6 Å². The Kier molecular flexibility index (Phi) is 8.70. The Hall–Kier alpha value is -3.43. The van der Waals surface area contributed by atoms with E-state index in [0.29, 0.717) is 11.5 Å². The molecule has 0 radical (unpaired) electrons. The van der Waals surface area contributed by atoms with Gasteiger partial charge in [0.05, 0.1) is 38.1 Å². The van der Waals surface area contributed by atoms with Crippen molar-refractivity contribution in [2.45, 2.75) is 24.8 Å². The highest BCUT2D eigenvalue weighted by atomic mass is 35.5. The van der Waals surface area contributed by atoms with Gasteiger partial charge in [-0.15, -0.1) is 0 Å². The van der Waals surface area contributed by atoms with Gasteiger partial charge in [0.2, 0.25) is 5.91 Å². The van der Waals surface area contributed by atoms with Crippen molar-refractivity contribution in [3.8, 4) is 17.2 Å². The number of carbonyl (C=O) groups excluding carboxylic acids is 1. The molecule has 0 bridgehead atoms. The van der Waals surface area contributed by atoms with Crippen molar-refractivity contribution in [1.82, 2.24) is 5.32 Å². The number of aryl methyl sites for hydroxylation is 1. The molecular weight excluding hydrogens is 504 g/mol. The monoisotopic (exact) mass is 532 g/mol. The van der Waals surface area contributed by atoms with Crippen molar-refractivity contribution in [1.29, 1.82) is 0 Å². The first-order chi connectivity index (χ1) is 17.1. The summed E-state index contributed by atoms with van der Waals surface area (Å²) in [5.41, 5.74) is 1.68. The van der Waals surface area contributed by atoms with E-state index < -0.39 is 28.5 Å². The Morgan fingerprint density at radius 1 is 0.944 bits per heavy atom. The zero-order valence-corrected chi connectivity index (χ0v) is 22.3. The number of para-hydroxylation sites is 1. The predicted molar refractivity (Wildman–Crippen MR) is 140 cm³/mol. The van der Waals surface area contributed by atoms with Crippen LogP contribution in [0.2, 0.25) is 5.02 Å². The number of amides is 1. The van der Waals surface area contributed by atoms with Crippen molar-refractivity contribution < 1.29 is 27.4 Å². The number of methoxy groups -OCH3 is 3. The van der Waals surface area contributed by atoms with Crippen molar-refractivity contribution in [3.05, 3.63) is 76.8 Å². The molecule has 0 spiro atoms. The molecule has 0 fully saturated rings. The van der Waals surface area contributed by atoms with Crippen LogP contribution < -0.4 is 23.8 Å². The smallest absolute Gasteiger partial charge is 0.268 e. The van der Waals surface area contributed by atoms with E-state index in [-0.39, 0.29) is 21.4 Å². The van der Waals surface area contributed by atoms with E-state index in [1.807, 2.05) is 18.2 Å². The van der Waals surface area contributed by atoms with Gasteiger partial charge in [-0.05, 0) is 55.8 Å². The van der Waals surface area contributed by atoms with Gasteiger partial charge in [0, 0.05) is 5.56 Å². The summed E-state index contributed by atoms with van der Waals surface area (Å²) >= 11 is 6.30. The van der Waals surface area contributed by atoms with Crippen LogP contribution in [-0.2, 0) is 14.8 Å². The van der Waals surface area contributed by atoms with Crippen LogP contribution in [0.4, 0.5) is 5.69 Å².